The monoisotopic (exact) mass is 306 g/mol. The number of hydrogen-bond acceptors (Lipinski definition) is 4. The molecule has 0 radical (unpaired) electrons. The van der Waals surface area contributed by atoms with Crippen molar-refractivity contribution in [2.75, 3.05) is 20.3 Å². The molecule has 1 atom stereocenters. The minimum atomic E-state index is -0.0530. The van der Waals surface area contributed by atoms with Gasteiger partial charge in [-0.1, -0.05) is 15.9 Å². The van der Waals surface area contributed by atoms with Crippen LogP contribution in [0.3, 0.4) is 0 Å². The molecular formula is C10H15BrN2O2S. The van der Waals surface area contributed by atoms with Crippen molar-refractivity contribution in [2.45, 2.75) is 18.2 Å². The minimum absolute atomic E-state index is 0.0530. The quantitative estimate of drug-likeness (QED) is 0.818. The third-order valence-electron chi connectivity index (χ3n) is 1.94. The number of carbonyl (C=O) groups is 1. The molecule has 1 amide bonds. The molecule has 1 rings (SSSR count). The molecule has 4 nitrogen and oxygen atoms in total. The molecule has 0 saturated heterocycles. The first-order valence-electron chi connectivity index (χ1n) is 4.97. The number of carbonyl (C=O) groups excluding carboxylic acids is 1. The van der Waals surface area contributed by atoms with Crippen LogP contribution in [0.4, 0.5) is 0 Å². The van der Waals surface area contributed by atoms with Crippen molar-refractivity contribution in [3.63, 3.8) is 0 Å². The molecule has 0 aromatic carbocycles. The highest BCUT2D eigenvalue weighted by Crippen LogP contribution is 2.11. The SMILES string of the molecule is COCC(Br)CCNC(=O)c1cnc(C)s1. The van der Waals surface area contributed by atoms with Crippen molar-refractivity contribution in [1.82, 2.24) is 10.3 Å². The maximum Gasteiger partial charge on any atom is 0.263 e. The molecule has 0 aliphatic carbocycles. The number of thiazole rings is 1. The van der Waals surface area contributed by atoms with Gasteiger partial charge < -0.3 is 10.1 Å². The van der Waals surface area contributed by atoms with E-state index in [4.69, 9.17) is 4.74 Å². The van der Waals surface area contributed by atoms with Crippen LogP contribution in [0.15, 0.2) is 6.20 Å². The molecule has 0 saturated carbocycles. The molecule has 0 fully saturated rings. The van der Waals surface area contributed by atoms with Crippen molar-refractivity contribution in [1.29, 1.82) is 0 Å². The van der Waals surface area contributed by atoms with Crippen molar-refractivity contribution in [3.05, 3.63) is 16.1 Å². The van der Waals surface area contributed by atoms with Crippen LogP contribution in [0.2, 0.25) is 0 Å². The highest BCUT2D eigenvalue weighted by atomic mass is 79.9. The molecule has 1 N–H and O–H groups in total. The van der Waals surface area contributed by atoms with Crippen molar-refractivity contribution in [3.8, 4) is 0 Å². The Balaban J connectivity index is 2.25. The second kappa shape index (κ2) is 6.98. The van der Waals surface area contributed by atoms with Gasteiger partial charge in [-0.25, -0.2) is 4.98 Å². The zero-order valence-electron chi connectivity index (χ0n) is 9.33. The lowest BCUT2D eigenvalue weighted by molar-refractivity contribution is 0.0956. The molecule has 0 aliphatic rings. The van der Waals surface area contributed by atoms with Crippen LogP contribution in [0.5, 0.6) is 0 Å². The summed E-state index contributed by atoms with van der Waals surface area (Å²) in [5.74, 6) is -0.0530. The van der Waals surface area contributed by atoms with Gasteiger partial charge in [0.15, 0.2) is 0 Å². The fourth-order valence-electron chi connectivity index (χ4n) is 1.16. The number of methoxy groups -OCH3 is 1. The third kappa shape index (κ3) is 4.59. The summed E-state index contributed by atoms with van der Waals surface area (Å²) in [5.41, 5.74) is 0. The van der Waals surface area contributed by atoms with E-state index in [1.807, 2.05) is 6.92 Å². The minimum Gasteiger partial charge on any atom is -0.384 e. The Hall–Kier alpha value is -0.460. The predicted octanol–water partition coefficient (Wildman–Crippen LogP) is 1.98. The van der Waals surface area contributed by atoms with Crippen LogP contribution in [-0.2, 0) is 4.74 Å². The van der Waals surface area contributed by atoms with E-state index in [1.54, 1.807) is 13.3 Å². The van der Waals surface area contributed by atoms with E-state index in [0.29, 0.717) is 18.0 Å². The molecule has 0 spiro atoms. The lowest BCUT2D eigenvalue weighted by Gasteiger charge is -2.08. The zero-order chi connectivity index (χ0) is 12.0. The number of amides is 1. The molecule has 90 valence electrons. The fraction of sp³-hybridized carbons (Fsp3) is 0.600. The van der Waals surface area contributed by atoms with Crippen LogP contribution in [0.1, 0.15) is 21.1 Å². The Bertz CT molecular complexity index is 343. The molecule has 16 heavy (non-hydrogen) atoms. The number of alkyl halides is 1. The van der Waals surface area contributed by atoms with Crippen molar-refractivity contribution >= 4 is 33.2 Å². The van der Waals surface area contributed by atoms with Gasteiger partial charge in [-0.05, 0) is 13.3 Å². The predicted molar refractivity (Wildman–Crippen MR) is 68.4 cm³/mol. The van der Waals surface area contributed by atoms with E-state index < -0.39 is 0 Å². The van der Waals surface area contributed by atoms with Gasteiger partial charge in [0.05, 0.1) is 17.8 Å². The average molecular weight is 307 g/mol. The highest BCUT2D eigenvalue weighted by Gasteiger charge is 2.09. The number of nitrogens with one attached hydrogen (secondary N) is 1. The number of nitrogens with zero attached hydrogens (tertiary/aromatic N) is 1. The maximum absolute atomic E-state index is 11.6. The third-order valence-corrected chi connectivity index (χ3v) is 3.57. The first-order valence-corrected chi connectivity index (χ1v) is 6.70. The summed E-state index contributed by atoms with van der Waals surface area (Å²) >= 11 is 4.87. The highest BCUT2D eigenvalue weighted by molar-refractivity contribution is 9.09. The van der Waals surface area contributed by atoms with E-state index >= 15 is 0 Å². The van der Waals surface area contributed by atoms with Gasteiger partial charge in [0.2, 0.25) is 0 Å². The lowest BCUT2D eigenvalue weighted by atomic mass is 10.3. The summed E-state index contributed by atoms with van der Waals surface area (Å²) in [7, 11) is 1.66. The smallest absolute Gasteiger partial charge is 0.263 e. The van der Waals surface area contributed by atoms with Gasteiger partial charge in [-0.15, -0.1) is 11.3 Å². The molecule has 1 aromatic rings. The second-order valence-electron chi connectivity index (χ2n) is 3.34. The fourth-order valence-corrected chi connectivity index (χ4v) is 2.35. The maximum atomic E-state index is 11.6. The lowest BCUT2D eigenvalue weighted by Crippen LogP contribution is -2.26. The summed E-state index contributed by atoms with van der Waals surface area (Å²) in [6, 6.07) is 0. The topological polar surface area (TPSA) is 51.2 Å². The van der Waals surface area contributed by atoms with E-state index in [-0.39, 0.29) is 10.7 Å². The van der Waals surface area contributed by atoms with Gasteiger partial charge in [-0.3, -0.25) is 4.79 Å². The van der Waals surface area contributed by atoms with Gasteiger partial charge in [0.25, 0.3) is 5.91 Å². The molecule has 1 unspecified atom stereocenters. The molecule has 1 heterocycles. The van der Waals surface area contributed by atoms with Crippen LogP contribution < -0.4 is 5.32 Å². The zero-order valence-corrected chi connectivity index (χ0v) is 11.7. The molecule has 1 aromatic heterocycles. The number of ether oxygens (including phenoxy) is 1. The first kappa shape index (κ1) is 13.6. The van der Waals surface area contributed by atoms with E-state index in [9.17, 15) is 4.79 Å². The average Bonchev–Trinajstić information content (AvgIpc) is 2.65. The van der Waals surface area contributed by atoms with Crippen LogP contribution in [0.25, 0.3) is 0 Å². The number of rotatable bonds is 6. The summed E-state index contributed by atoms with van der Waals surface area (Å²) < 4.78 is 4.98. The molecule has 6 heteroatoms. The van der Waals surface area contributed by atoms with Crippen LogP contribution in [-0.4, -0.2) is 36.0 Å². The summed E-state index contributed by atoms with van der Waals surface area (Å²) in [4.78, 5) is 16.6. The van der Waals surface area contributed by atoms with Gasteiger partial charge in [0.1, 0.15) is 4.88 Å². The summed E-state index contributed by atoms with van der Waals surface area (Å²) in [5, 5.41) is 3.75. The van der Waals surface area contributed by atoms with Crippen molar-refractivity contribution in [2.24, 2.45) is 0 Å². The molecule has 0 aliphatic heterocycles. The van der Waals surface area contributed by atoms with Crippen LogP contribution in [0, 0.1) is 6.92 Å². The van der Waals surface area contributed by atoms with E-state index in [0.717, 1.165) is 11.4 Å². The van der Waals surface area contributed by atoms with Gasteiger partial charge in [0, 0.05) is 18.5 Å². The summed E-state index contributed by atoms with van der Waals surface area (Å²) in [6.07, 6.45) is 2.45. The Labute approximate surface area is 108 Å². The Morgan fingerprint density at radius 1 is 1.75 bits per heavy atom. The van der Waals surface area contributed by atoms with Crippen LogP contribution >= 0.6 is 27.3 Å². The number of hydrogen-bond donors (Lipinski definition) is 1. The summed E-state index contributed by atoms with van der Waals surface area (Å²) in [6.45, 7) is 3.17. The second-order valence-corrected chi connectivity index (χ2v) is 5.87. The number of aromatic nitrogens is 1. The van der Waals surface area contributed by atoms with Crippen molar-refractivity contribution < 1.29 is 9.53 Å². The van der Waals surface area contributed by atoms with Gasteiger partial charge >= 0.3 is 0 Å². The molecule has 0 bridgehead atoms. The van der Waals surface area contributed by atoms with Gasteiger partial charge in [-0.2, -0.15) is 0 Å². The van der Waals surface area contributed by atoms with E-state index in [1.165, 1.54) is 11.3 Å². The normalized spacial score (nSPS) is 12.4. The van der Waals surface area contributed by atoms with E-state index in [2.05, 4.69) is 26.2 Å². The largest absolute Gasteiger partial charge is 0.384 e. The Morgan fingerprint density at radius 2 is 2.50 bits per heavy atom. The first-order chi connectivity index (χ1) is 7.63. The number of aryl methyl sites for hydroxylation is 1. The molecular weight excluding hydrogens is 292 g/mol. The number of halogens is 1. The Morgan fingerprint density at radius 3 is 3.06 bits per heavy atom. The Kier molecular flexibility index (Phi) is 5.94. The standard InChI is InChI=1S/C10H15BrN2O2S/c1-7-13-5-9(16-7)10(14)12-4-3-8(11)6-15-2/h5,8H,3-4,6H2,1-2H3,(H,12,14).